The van der Waals surface area contributed by atoms with Gasteiger partial charge in [0.05, 0.1) is 5.52 Å². The summed E-state index contributed by atoms with van der Waals surface area (Å²) in [4.78, 5) is 8.43. The number of aliphatic hydroxyl groups is 1. The molecule has 1 unspecified atom stereocenters. The van der Waals surface area contributed by atoms with Crippen LogP contribution in [0.2, 0.25) is 5.02 Å². The van der Waals surface area contributed by atoms with Crippen molar-refractivity contribution in [3.8, 4) is 0 Å². The molecule has 0 saturated heterocycles. The van der Waals surface area contributed by atoms with Crippen LogP contribution in [0.5, 0.6) is 0 Å². The smallest absolute Gasteiger partial charge is 0.129 e. The standard InChI is InChI=1S/C16H14ClN3O/c1-9-7-12(16(18)20-8-9)15(21)11-4-5-13(17)10-3-2-6-19-14(10)11/h2-8,15,21H,1H3,(H2,18,20). The number of aromatic nitrogens is 2. The maximum absolute atomic E-state index is 10.7. The van der Waals surface area contributed by atoms with Gasteiger partial charge in [0.1, 0.15) is 11.9 Å². The quantitative estimate of drug-likeness (QED) is 0.762. The van der Waals surface area contributed by atoms with Crippen LogP contribution in [0.4, 0.5) is 5.82 Å². The first kappa shape index (κ1) is 13.8. The van der Waals surface area contributed by atoms with Crippen LogP contribution in [0.15, 0.2) is 42.7 Å². The molecule has 5 heteroatoms. The molecule has 2 aromatic heterocycles. The van der Waals surface area contributed by atoms with Crippen molar-refractivity contribution in [3.05, 3.63) is 64.4 Å². The summed E-state index contributed by atoms with van der Waals surface area (Å²) in [5.74, 6) is 0.312. The minimum atomic E-state index is -0.896. The highest BCUT2D eigenvalue weighted by Gasteiger charge is 2.18. The van der Waals surface area contributed by atoms with E-state index < -0.39 is 6.10 Å². The second-order valence-electron chi connectivity index (χ2n) is 4.93. The maximum Gasteiger partial charge on any atom is 0.129 e. The van der Waals surface area contributed by atoms with Gasteiger partial charge in [-0.05, 0) is 36.8 Å². The number of benzene rings is 1. The minimum Gasteiger partial charge on any atom is -0.383 e. The van der Waals surface area contributed by atoms with E-state index in [4.69, 9.17) is 17.3 Å². The average Bonchev–Trinajstić information content (AvgIpc) is 2.50. The van der Waals surface area contributed by atoms with E-state index >= 15 is 0 Å². The molecule has 0 saturated carbocycles. The van der Waals surface area contributed by atoms with E-state index in [1.807, 2.05) is 25.1 Å². The molecule has 0 amide bonds. The van der Waals surface area contributed by atoms with Gasteiger partial charge in [-0.25, -0.2) is 4.98 Å². The van der Waals surface area contributed by atoms with Gasteiger partial charge in [0.25, 0.3) is 0 Å². The molecule has 1 aromatic carbocycles. The Hall–Kier alpha value is -2.17. The molecule has 3 rings (SSSR count). The number of pyridine rings is 2. The first-order valence-corrected chi connectivity index (χ1v) is 6.89. The molecule has 106 valence electrons. The largest absolute Gasteiger partial charge is 0.383 e. The highest BCUT2D eigenvalue weighted by atomic mass is 35.5. The predicted molar refractivity (Wildman–Crippen MR) is 84.2 cm³/mol. The Morgan fingerprint density at radius 1 is 1.19 bits per heavy atom. The van der Waals surface area contributed by atoms with Gasteiger partial charge in [-0.15, -0.1) is 0 Å². The topological polar surface area (TPSA) is 72.0 Å². The molecular formula is C16H14ClN3O. The van der Waals surface area contributed by atoms with E-state index in [9.17, 15) is 5.11 Å². The van der Waals surface area contributed by atoms with E-state index in [1.165, 1.54) is 0 Å². The summed E-state index contributed by atoms with van der Waals surface area (Å²) in [5, 5.41) is 12.1. The lowest BCUT2D eigenvalue weighted by molar-refractivity contribution is 0.222. The van der Waals surface area contributed by atoms with Crippen LogP contribution in [0, 0.1) is 6.92 Å². The van der Waals surface area contributed by atoms with E-state index in [0.29, 0.717) is 27.5 Å². The van der Waals surface area contributed by atoms with E-state index in [-0.39, 0.29) is 0 Å². The van der Waals surface area contributed by atoms with Gasteiger partial charge in [-0.2, -0.15) is 0 Å². The third-order valence-corrected chi connectivity index (χ3v) is 3.75. The Kier molecular flexibility index (Phi) is 3.49. The Balaban J connectivity index is 2.20. The lowest BCUT2D eigenvalue weighted by atomic mass is 9.98. The van der Waals surface area contributed by atoms with E-state index in [1.54, 1.807) is 24.5 Å². The predicted octanol–water partition coefficient (Wildman–Crippen LogP) is 3.26. The number of hydrogen-bond acceptors (Lipinski definition) is 4. The Morgan fingerprint density at radius 2 is 2.00 bits per heavy atom. The second kappa shape index (κ2) is 5.31. The highest BCUT2D eigenvalue weighted by molar-refractivity contribution is 6.35. The van der Waals surface area contributed by atoms with Gasteiger partial charge < -0.3 is 10.8 Å². The van der Waals surface area contributed by atoms with Gasteiger partial charge in [0, 0.05) is 33.9 Å². The van der Waals surface area contributed by atoms with Crippen molar-refractivity contribution < 1.29 is 5.11 Å². The Labute approximate surface area is 127 Å². The number of nitrogens with two attached hydrogens (primary N) is 1. The summed E-state index contributed by atoms with van der Waals surface area (Å²) >= 11 is 6.18. The SMILES string of the molecule is Cc1cnc(N)c(C(O)c2ccc(Cl)c3cccnc23)c1. The fraction of sp³-hybridized carbons (Fsp3) is 0.125. The molecule has 3 aromatic rings. The minimum absolute atomic E-state index is 0.312. The monoisotopic (exact) mass is 299 g/mol. The summed E-state index contributed by atoms with van der Waals surface area (Å²) in [6, 6.07) is 9.04. The maximum atomic E-state index is 10.7. The van der Waals surface area contributed by atoms with Gasteiger partial charge in [-0.1, -0.05) is 17.7 Å². The van der Waals surface area contributed by atoms with Crippen molar-refractivity contribution in [3.63, 3.8) is 0 Å². The fourth-order valence-corrected chi connectivity index (χ4v) is 2.58. The normalized spacial score (nSPS) is 12.5. The number of nitrogens with zero attached hydrogens (tertiary/aromatic N) is 2. The molecule has 0 aliphatic carbocycles. The highest BCUT2D eigenvalue weighted by Crippen LogP contribution is 2.33. The molecule has 2 heterocycles. The van der Waals surface area contributed by atoms with Crippen molar-refractivity contribution in [2.45, 2.75) is 13.0 Å². The average molecular weight is 300 g/mol. The lowest BCUT2D eigenvalue weighted by Gasteiger charge is -2.16. The number of rotatable bonds is 2. The Morgan fingerprint density at radius 3 is 2.81 bits per heavy atom. The number of halogens is 1. The number of nitrogen functional groups attached to an aromatic ring is 1. The summed E-state index contributed by atoms with van der Waals surface area (Å²) in [7, 11) is 0. The third kappa shape index (κ3) is 2.44. The van der Waals surface area contributed by atoms with Gasteiger partial charge in [-0.3, -0.25) is 4.98 Å². The van der Waals surface area contributed by atoms with Gasteiger partial charge in [0.2, 0.25) is 0 Å². The zero-order valence-corrected chi connectivity index (χ0v) is 12.2. The van der Waals surface area contributed by atoms with Crippen LogP contribution in [-0.2, 0) is 0 Å². The second-order valence-corrected chi connectivity index (χ2v) is 5.33. The van der Waals surface area contributed by atoms with Crippen molar-refractivity contribution in [2.75, 3.05) is 5.73 Å². The first-order chi connectivity index (χ1) is 10.1. The Bertz CT molecular complexity index is 820. The molecule has 21 heavy (non-hydrogen) atoms. The van der Waals surface area contributed by atoms with Crippen LogP contribution in [0.1, 0.15) is 22.8 Å². The van der Waals surface area contributed by atoms with Crippen molar-refractivity contribution in [1.29, 1.82) is 0 Å². The van der Waals surface area contributed by atoms with Crippen LogP contribution >= 0.6 is 11.6 Å². The molecule has 0 aliphatic rings. The zero-order valence-electron chi connectivity index (χ0n) is 11.4. The van der Waals surface area contributed by atoms with Crippen molar-refractivity contribution in [2.24, 2.45) is 0 Å². The van der Waals surface area contributed by atoms with Crippen LogP contribution in [0.3, 0.4) is 0 Å². The molecule has 0 bridgehead atoms. The number of hydrogen-bond donors (Lipinski definition) is 2. The van der Waals surface area contributed by atoms with E-state index in [0.717, 1.165) is 10.9 Å². The summed E-state index contributed by atoms with van der Waals surface area (Å²) in [6.45, 7) is 1.90. The first-order valence-electron chi connectivity index (χ1n) is 6.51. The molecule has 3 N–H and O–H groups in total. The summed E-state index contributed by atoms with van der Waals surface area (Å²) in [6.07, 6.45) is 2.45. The molecule has 0 aliphatic heterocycles. The molecule has 0 spiro atoms. The number of fused-ring (bicyclic) bond motifs is 1. The van der Waals surface area contributed by atoms with Crippen molar-refractivity contribution >= 4 is 28.3 Å². The molecular weight excluding hydrogens is 286 g/mol. The van der Waals surface area contributed by atoms with Gasteiger partial charge >= 0.3 is 0 Å². The third-order valence-electron chi connectivity index (χ3n) is 3.42. The molecule has 4 nitrogen and oxygen atoms in total. The van der Waals surface area contributed by atoms with E-state index in [2.05, 4.69) is 9.97 Å². The molecule has 0 radical (unpaired) electrons. The number of aryl methyl sites for hydroxylation is 1. The zero-order chi connectivity index (χ0) is 15.0. The van der Waals surface area contributed by atoms with Gasteiger partial charge in [0.15, 0.2) is 0 Å². The number of aliphatic hydroxyl groups excluding tert-OH is 1. The van der Waals surface area contributed by atoms with Crippen LogP contribution < -0.4 is 5.73 Å². The molecule has 0 fully saturated rings. The van der Waals surface area contributed by atoms with Crippen LogP contribution in [0.25, 0.3) is 10.9 Å². The molecule has 1 atom stereocenters. The summed E-state index contributed by atoms with van der Waals surface area (Å²) in [5.41, 5.74) is 8.72. The fourth-order valence-electron chi connectivity index (χ4n) is 2.37. The van der Waals surface area contributed by atoms with Crippen LogP contribution in [-0.4, -0.2) is 15.1 Å². The number of anilines is 1. The summed E-state index contributed by atoms with van der Waals surface area (Å²) < 4.78 is 0. The lowest BCUT2D eigenvalue weighted by Crippen LogP contribution is -2.07. The van der Waals surface area contributed by atoms with Crippen molar-refractivity contribution in [1.82, 2.24) is 9.97 Å².